The minimum atomic E-state index is -0.137. The molecule has 2 aromatic heterocycles. The van der Waals surface area contributed by atoms with Crippen LogP contribution in [-0.2, 0) is 0 Å². The third kappa shape index (κ3) is 3.94. The predicted molar refractivity (Wildman–Crippen MR) is 98.0 cm³/mol. The molecule has 2 aliphatic carbocycles. The summed E-state index contributed by atoms with van der Waals surface area (Å²) in [6.07, 6.45) is 5.77. The standard InChI is InChI=1S/C18H24N4O2S/c1-10-6-17(22-24-10)21-18(23)11-7-16(25-9-11)14-8-15(14)20-13-4-2-12(19)3-5-13/h6-7,9,12-15,20H,2-5,8,19H2,1H3,(H,21,22,23). The first-order valence-electron chi connectivity index (χ1n) is 8.93. The second-order valence-corrected chi connectivity index (χ2v) is 8.18. The number of nitrogens with zero attached hydrogens (tertiary/aromatic N) is 1. The molecular weight excluding hydrogens is 336 g/mol. The van der Waals surface area contributed by atoms with E-state index in [2.05, 4.69) is 15.8 Å². The molecule has 0 aliphatic heterocycles. The Hall–Kier alpha value is -1.70. The van der Waals surface area contributed by atoms with Crippen molar-refractivity contribution in [3.05, 3.63) is 33.7 Å². The lowest BCUT2D eigenvalue weighted by molar-refractivity contribution is 0.102. The average Bonchev–Trinajstić information content (AvgIpc) is 2.99. The number of thiophene rings is 1. The van der Waals surface area contributed by atoms with Gasteiger partial charge in [-0.05, 0) is 45.1 Å². The molecule has 2 atom stereocenters. The Kier molecular flexibility index (Phi) is 4.62. The second-order valence-electron chi connectivity index (χ2n) is 7.24. The molecule has 2 saturated carbocycles. The molecule has 25 heavy (non-hydrogen) atoms. The molecule has 4 rings (SSSR count). The fraction of sp³-hybridized carbons (Fsp3) is 0.556. The summed E-state index contributed by atoms with van der Waals surface area (Å²) in [5.74, 6) is 1.53. The van der Waals surface area contributed by atoms with Crippen molar-refractivity contribution in [2.45, 2.75) is 63.1 Å². The van der Waals surface area contributed by atoms with Crippen LogP contribution in [0.15, 0.2) is 22.0 Å². The lowest BCUT2D eigenvalue weighted by Crippen LogP contribution is -2.38. The third-order valence-corrected chi connectivity index (χ3v) is 6.19. The number of rotatable bonds is 5. The van der Waals surface area contributed by atoms with Gasteiger partial charge in [0.25, 0.3) is 5.91 Å². The molecule has 2 aliphatic rings. The van der Waals surface area contributed by atoms with Gasteiger partial charge in [-0.25, -0.2) is 0 Å². The van der Waals surface area contributed by atoms with Gasteiger partial charge in [-0.1, -0.05) is 5.16 Å². The molecule has 2 fully saturated rings. The van der Waals surface area contributed by atoms with Crippen molar-refractivity contribution in [1.82, 2.24) is 10.5 Å². The molecule has 0 spiro atoms. The summed E-state index contributed by atoms with van der Waals surface area (Å²) in [6.45, 7) is 1.80. The van der Waals surface area contributed by atoms with Crippen molar-refractivity contribution in [3.63, 3.8) is 0 Å². The summed E-state index contributed by atoms with van der Waals surface area (Å²) in [5, 5.41) is 12.3. The Bertz CT molecular complexity index is 748. The van der Waals surface area contributed by atoms with Crippen LogP contribution in [0.5, 0.6) is 0 Å². The Balaban J connectivity index is 1.30. The maximum atomic E-state index is 12.3. The van der Waals surface area contributed by atoms with E-state index >= 15 is 0 Å². The quantitative estimate of drug-likeness (QED) is 0.762. The molecule has 0 radical (unpaired) electrons. The summed E-state index contributed by atoms with van der Waals surface area (Å²) in [4.78, 5) is 13.6. The molecule has 2 unspecified atom stereocenters. The highest BCUT2D eigenvalue weighted by Crippen LogP contribution is 2.44. The maximum Gasteiger partial charge on any atom is 0.257 e. The summed E-state index contributed by atoms with van der Waals surface area (Å²) in [6, 6.07) is 5.26. The van der Waals surface area contributed by atoms with Crippen molar-refractivity contribution < 1.29 is 9.32 Å². The fourth-order valence-electron chi connectivity index (χ4n) is 3.56. The number of nitrogens with two attached hydrogens (primary N) is 1. The van der Waals surface area contributed by atoms with E-state index in [-0.39, 0.29) is 5.91 Å². The van der Waals surface area contributed by atoms with E-state index in [1.165, 1.54) is 17.7 Å². The van der Waals surface area contributed by atoms with Crippen LogP contribution in [0.4, 0.5) is 5.82 Å². The number of hydrogen-bond donors (Lipinski definition) is 3. The minimum absolute atomic E-state index is 0.137. The first kappa shape index (κ1) is 16.8. The molecule has 2 heterocycles. The van der Waals surface area contributed by atoms with Gasteiger partial charge in [-0.3, -0.25) is 4.79 Å². The minimum Gasteiger partial charge on any atom is -0.360 e. The highest BCUT2D eigenvalue weighted by atomic mass is 32.1. The van der Waals surface area contributed by atoms with Crippen molar-refractivity contribution in [2.75, 3.05) is 5.32 Å². The van der Waals surface area contributed by atoms with Crippen molar-refractivity contribution in [3.8, 4) is 0 Å². The third-order valence-electron chi connectivity index (χ3n) is 5.13. The number of amides is 1. The van der Waals surface area contributed by atoms with Gasteiger partial charge in [0.2, 0.25) is 0 Å². The van der Waals surface area contributed by atoms with E-state index in [1.54, 1.807) is 24.3 Å². The Morgan fingerprint density at radius 3 is 2.84 bits per heavy atom. The molecule has 6 nitrogen and oxygen atoms in total. The zero-order valence-electron chi connectivity index (χ0n) is 14.3. The van der Waals surface area contributed by atoms with Crippen LogP contribution in [0.3, 0.4) is 0 Å². The van der Waals surface area contributed by atoms with Gasteiger partial charge in [0.1, 0.15) is 5.76 Å². The van der Waals surface area contributed by atoms with Crippen LogP contribution < -0.4 is 16.4 Å². The molecule has 2 aromatic rings. The van der Waals surface area contributed by atoms with Gasteiger partial charge in [0, 0.05) is 40.4 Å². The zero-order valence-corrected chi connectivity index (χ0v) is 15.1. The van der Waals surface area contributed by atoms with Gasteiger partial charge in [-0.2, -0.15) is 0 Å². The number of aromatic nitrogens is 1. The Labute approximate surface area is 151 Å². The summed E-state index contributed by atoms with van der Waals surface area (Å²) in [7, 11) is 0. The monoisotopic (exact) mass is 360 g/mol. The van der Waals surface area contributed by atoms with E-state index in [4.69, 9.17) is 10.3 Å². The van der Waals surface area contributed by atoms with Crippen LogP contribution in [0.2, 0.25) is 0 Å². The van der Waals surface area contributed by atoms with E-state index < -0.39 is 0 Å². The predicted octanol–water partition coefficient (Wildman–Crippen LogP) is 3.01. The molecule has 0 bridgehead atoms. The lowest BCUT2D eigenvalue weighted by Gasteiger charge is -2.27. The van der Waals surface area contributed by atoms with Crippen LogP contribution >= 0.6 is 11.3 Å². The normalized spacial score (nSPS) is 28.7. The zero-order chi connectivity index (χ0) is 17.4. The van der Waals surface area contributed by atoms with E-state index in [0.29, 0.717) is 41.2 Å². The number of aryl methyl sites for hydroxylation is 1. The number of anilines is 1. The summed E-state index contributed by atoms with van der Waals surface area (Å²) < 4.78 is 4.97. The highest BCUT2D eigenvalue weighted by molar-refractivity contribution is 7.10. The maximum absolute atomic E-state index is 12.3. The van der Waals surface area contributed by atoms with E-state index in [0.717, 1.165) is 19.3 Å². The lowest BCUT2D eigenvalue weighted by atomic mass is 9.92. The molecule has 7 heteroatoms. The van der Waals surface area contributed by atoms with Crippen LogP contribution in [0.1, 0.15) is 59.0 Å². The Morgan fingerprint density at radius 2 is 2.12 bits per heavy atom. The molecule has 0 saturated heterocycles. The topological polar surface area (TPSA) is 93.2 Å². The van der Waals surface area contributed by atoms with E-state index in [9.17, 15) is 4.79 Å². The van der Waals surface area contributed by atoms with Gasteiger partial charge in [-0.15, -0.1) is 11.3 Å². The molecule has 0 aromatic carbocycles. The van der Waals surface area contributed by atoms with Gasteiger partial charge in [0.05, 0.1) is 5.56 Å². The number of nitrogens with one attached hydrogen (secondary N) is 2. The summed E-state index contributed by atoms with van der Waals surface area (Å²) in [5.41, 5.74) is 6.66. The average molecular weight is 360 g/mol. The molecular formula is C18H24N4O2S. The van der Waals surface area contributed by atoms with E-state index in [1.807, 2.05) is 11.4 Å². The number of carbonyl (C=O) groups excluding carboxylic acids is 1. The summed E-state index contributed by atoms with van der Waals surface area (Å²) >= 11 is 1.67. The van der Waals surface area contributed by atoms with Gasteiger partial charge < -0.3 is 20.9 Å². The van der Waals surface area contributed by atoms with Crippen molar-refractivity contribution in [1.29, 1.82) is 0 Å². The second kappa shape index (κ2) is 6.90. The number of hydrogen-bond acceptors (Lipinski definition) is 6. The number of carbonyl (C=O) groups is 1. The SMILES string of the molecule is Cc1cc(NC(=O)c2csc(C3CC3NC3CCC(N)CC3)c2)no1. The fourth-order valence-corrected chi connectivity index (χ4v) is 4.63. The van der Waals surface area contributed by atoms with Gasteiger partial charge >= 0.3 is 0 Å². The Morgan fingerprint density at radius 1 is 1.32 bits per heavy atom. The van der Waals surface area contributed by atoms with Gasteiger partial charge in [0.15, 0.2) is 5.82 Å². The van der Waals surface area contributed by atoms with Crippen molar-refractivity contribution >= 4 is 23.1 Å². The molecule has 134 valence electrons. The first-order chi connectivity index (χ1) is 12.1. The molecule has 1 amide bonds. The van der Waals surface area contributed by atoms with Crippen LogP contribution in [-0.4, -0.2) is 29.2 Å². The smallest absolute Gasteiger partial charge is 0.257 e. The largest absolute Gasteiger partial charge is 0.360 e. The molecule has 4 N–H and O–H groups in total. The van der Waals surface area contributed by atoms with Crippen LogP contribution in [0, 0.1) is 6.92 Å². The van der Waals surface area contributed by atoms with Crippen LogP contribution in [0.25, 0.3) is 0 Å². The highest BCUT2D eigenvalue weighted by Gasteiger charge is 2.41. The van der Waals surface area contributed by atoms with Crippen molar-refractivity contribution in [2.24, 2.45) is 5.73 Å². The first-order valence-corrected chi connectivity index (χ1v) is 9.81.